The lowest BCUT2D eigenvalue weighted by Gasteiger charge is -2.40. The molecule has 26 heavy (non-hydrogen) atoms. The first-order chi connectivity index (χ1) is 12.6. The molecule has 3 N–H and O–H groups in total. The van der Waals surface area contributed by atoms with Gasteiger partial charge in [0.1, 0.15) is 24.4 Å². The van der Waals surface area contributed by atoms with E-state index in [-0.39, 0.29) is 13.2 Å². The fourth-order valence-electron chi connectivity index (χ4n) is 2.87. The van der Waals surface area contributed by atoms with Gasteiger partial charge in [0, 0.05) is 0 Å². The monoisotopic (exact) mass is 360 g/mol. The number of benzene rings is 2. The van der Waals surface area contributed by atoms with Crippen molar-refractivity contribution in [2.24, 2.45) is 0 Å². The van der Waals surface area contributed by atoms with E-state index in [0.29, 0.717) is 6.61 Å². The summed E-state index contributed by atoms with van der Waals surface area (Å²) in [5, 5.41) is 30.7. The summed E-state index contributed by atoms with van der Waals surface area (Å²) in [7, 11) is 0. The minimum atomic E-state index is -1.34. The molecule has 1 aliphatic rings. The Labute approximate surface area is 152 Å². The van der Waals surface area contributed by atoms with Crippen molar-refractivity contribution in [3.8, 4) is 0 Å². The summed E-state index contributed by atoms with van der Waals surface area (Å²) in [6.07, 6.45) is -5.69. The lowest BCUT2D eigenvalue weighted by atomic mass is 9.99. The Morgan fingerprint density at radius 2 is 1.35 bits per heavy atom. The second-order valence-corrected chi connectivity index (χ2v) is 6.31. The number of hydrogen-bond donors (Lipinski definition) is 3. The van der Waals surface area contributed by atoms with Gasteiger partial charge in [0.05, 0.1) is 19.8 Å². The molecule has 0 aliphatic carbocycles. The number of rotatable bonds is 7. The molecular formula is C20H24O6. The molecule has 0 bridgehead atoms. The van der Waals surface area contributed by atoms with Crippen molar-refractivity contribution in [3.05, 3.63) is 71.8 Å². The lowest BCUT2D eigenvalue weighted by Crippen LogP contribution is -2.59. The Morgan fingerprint density at radius 3 is 1.96 bits per heavy atom. The maximum atomic E-state index is 10.3. The van der Waals surface area contributed by atoms with Gasteiger partial charge in [-0.3, -0.25) is 0 Å². The average molecular weight is 360 g/mol. The quantitative estimate of drug-likeness (QED) is 0.688. The maximum Gasteiger partial charge on any atom is 0.184 e. The fourth-order valence-corrected chi connectivity index (χ4v) is 2.87. The summed E-state index contributed by atoms with van der Waals surface area (Å²) in [6.45, 7) is 0.605. The summed E-state index contributed by atoms with van der Waals surface area (Å²) in [6, 6.07) is 19.0. The predicted molar refractivity (Wildman–Crippen MR) is 94.0 cm³/mol. The van der Waals surface area contributed by atoms with Gasteiger partial charge in [0.15, 0.2) is 6.29 Å². The van der Waals surface area contributed by atoms with Crippen molar-refractivity contribution in [2.75, 3.05) is 6.61 Å². The van der Waals surface area contributed by atoms with E-state index in [1.807, 2.05) is 60.7 Å². The molecule has 0 saturated carbocycles. The van der Waals surface area contributed by atoms with Crippen LogP contribution in [0.4, 0.5) is 0 Å². The topological polar surface area (TPSA) is 88.4 Å². The SMILES string of the molecule is O[C@@H]1[C@H](O)[C@@H](OCc2ccccc2)[C@H](O)O[C@@H]1COCc1ccccc1. The van der Waals surface area contributed by atoms with Gasteiger partial charge in [-0.05, 0) is 11.1 Å². The summed E-state index contributed by atoms with van der Waals surface area (Å²) in [5.74, 6) is 0. The van der Waals surface area contributed by atoms with Crippen molar-refractivity contribution in [1.82, 2.24) is 0 Å². The first kappa shape index (κ1) is 19.0. The molecule has 0 aromatic heterocycles. The largest absolute Gasteiger partial charge is 0.387 e. The van der Waals surface area contributed by atoms with Crippen LogP contribution in [-0.4, -0.2) is 52.6 Å². The van der Waals surface area contributed by atoms with Crippen LogP contribution in [0, 0.1) is 0 Å². The van der Waals surface area contributed by atoms with Crippen molar-refractivity contribution < 1.29 is 29.5 Å². The molecule has 1 fully saturated rings. The molecular weight excluding hydrogens is 336 g/mol. The summed E-state index contributed by atoms with van der Waals surface area (Å²) in [5.41, 5.74) is 1.89. The zero-order chi connectivity index (χ0) is 18.4. The summed E-state index contributed by atoms with van der Waals surface area (Å²) >= 11 is 0. The Balaban J connectivity index is 1.49. The molecule has 0 amide bonds. The normalized spacial score (nSPS) is 28.8. The zero-order valence-corrected chi connectivity index (χ0v) is 14.3. The van der Waals surface area contributed by atoms with E-state index in [2.05, 4.69) is 0 Å². The van der Waals surface area contributed by atoms with Crippen LogP contribution in [0.3, 0.4) is 0 Å². The molecule has 1 aliphatic heterocycles. The van der Waals surface area contributed by atoms with Crippen LogP contribution >= 0.6 is 0 Å². The van der Waals surface area contributed by atoms with Crippen LogP contribution in [-0.2, 0) is 27.4 Å². The molecule has 6 nitrogen and oxygen atoms in total. The third-order valence-corrected chi connectivity index (χ3v) is 4.34. The highest BCUT2D eigenvalue weighted by Crippen LogP contribution is 2.24. The number of aliphatic hydroxyl groups excluding tert-OH is 3. The highest BCUT2D eigenvalue weighted by Gasteiger charge is 2.44. The Hall–Kier alpha value is -1.80. The van der Waals surface area contributed by atoms with Gasteiger partial charge in [-0.15, -0.1) is 0 Å². The molecule has 0 radical (unpaired) electrons. The van der Waals surface area contributed by atoms with Gasteiger partial charge < -0.3 is 29.5 Å². The third-order valence-electron chi connectivity index (χ3n) is 4.34. The Bertz CT molecular complexity index is 648. The number of hydrogen-bond acceptors (Lipinski definition) is 6. The van der Waals surface area contributed by atoms with E-state index in [1.165, 1.54) is 0 Å². The van der Waals surface area contributed by atoms with Crippen molar-refractivity contribution >= 4 is 0 Å². The lowest BCUT2D eigenvalue weighted by molar-refractivity contribution is -0.300. The standard InChI is InChI=1S/C20H24O6/c21-17-16(13-24-11-14-7-3-1-4-8-14)26-20(23)19(18(17)22)25-12-15-9-5-2-6-10-15/h1-10,16-23H,11-13H2/t16-,17+,18+,19-,20-/m1/s1. The molecule has 3 rings (SSSR count). The Morgan fingerprint density at radius 1 is 0.769 bits per heavy atom. The molecule has 2 aromatic rings. The molecule has 1 heterocycles. The van der Waals surface area contributed by atoms with Gasteiger partial charge in [-0.2, -0.15) is 0 Å². The number of ether oxygens (including phenoxy) is 3. The van der Waals surface area contributed by atoms with Crippen LogP contribution in [0.1, 0.15) is 11.1 Å². The summed E-state index contributed by atoms with van der Waals surface area (Å²) in [4.78, 5) is 0. The van der Waals surface area contributed by atoms with Crippen molar-refractivity contribution in [1.29, 1.82) is 0 Å². The maximum absolute atomic E-state index is 10.3. The van der Waals surface area contributed by atoms with Crippen LogP contribution in [0.15, 0.2) is 60.7 Å². The highest BCUT2D eigenvalue weighted by atomic mass is 16.7. The van der Waals surface area contributed by atoms with E-state index in [4.69, 9.17) is 14.2 Å². The Kier molecular flexibility index (Phi) is 6.73. The first-order valence-electron chi connectivity index (χ1n) is 8.62. The molecule has 140 valence electrons. The first-order valence-corrected chi connectivity index (χ1v) is 8.62. The van der Waals surface area contributed by atoms with Crippen LogP contribution in [0.5, 0.6) is 0 Å². The minimum Gasteiger partial charge on any atom is -0.387 e. The molecule has 6 heteroatoms. The van der Waals surface area contributed by atoms with Crippen LogP contribution < -0.4 is 0 Å². The van der Waals surface area contributed by atoms with Gasteiger partial charge >= 0.3 is 0 Å². The second kappa shape index (κ2) is 9.23. The smallest absolute Gasteiger partial charge is 0.184 e. The van der Waals surface area contributed by atoms with Gasteiger partial charge in [0.25, 0.3) is 0 Å². The fraction of sp³-hybridized carbons (Fsp3) is 0.400. The van der Waals surface area contributed by atoms with Crippen LogP contribution in [0.2, 0.25) is 0 Å². The third kappa shape index (κ3) is 4.88. The average Bonchev–Trinajstić information content (AvgIpc) is 2.67. The van der Waals surface area contributed by atoms with Gasteiger partial charge in [-0.25, -0.2) is 0 Å². The molecule has 5 atom stereocenters. The predicted octanol–water partition coefficient (Wildman–Crippen LogP) is 1.23. The molecule has 0 unspecified atom stereocenters. The molecule has 0 spiro atoms. The van der Waals surface area contributed by atoms with E-state index >= 15 is 0 Å². The van der Waals surface area contributed by atoms with Gasteiger partial charge in [-0.1, -0.05) is 60.7 Å². The second-order valence-electron chi connectivity index (χ2n) is 6.31. The number of aliphatic hydroxyl groups is 3. The van der Waals surface area contributed by atoms with Gasteiger partial charge in [0.2, 0.25) is 0 Å². The van der Waals surface area contributed by atoms with E-state index in [1.54, 1.807) is 0 Å². The van der Waals surface area contributed by atoms with E-state index < -0.39 is 30.7 Å². The van der Waals surface area contributed by atoms with Crippen molar-refractivity contribution in [3.63, 3.8) is 0 Å². The summed E-state index contributed by atoms with van der Waals surface area (Å²) < 4.78 is 16.5. The molecule has 2 aromatic carbocycles. The molecule has 1 saturated heterocycles. The minimum absolute atomic E-state index is 0.0512. The van der Waals surface area contributed by atoms with Crippen LogP contribution in [0.25, 0.3) is 0 Å². The highest BCUT2D eigenvalue weighted by molar-refractivity contribution is 5.14. The zero-order valence-electron chi connectivity index (χ0n) is 14.3. The van der Waals surface area contributed by atoms with E-state index in [0.717, 1.165) is 11.1 Å². The van der Waals surface area contributed by atoms with Crippen molar-refractivity contribution in [2.45, 2.75) is 43.9 Å². The van der Waals surface area contributed by atoms with E-state index in [9.17, 15) is 15.3 Å².